The number of carbonyl (C=O) groups excluding carboxylic acids is 1. The van der Waals surface area contributed by atoms with Gasteiger partial charge in [0.2, 0.25) is 6.41 Å². The SMILES string of the molecule is O=CN1CC2=C(C1)CN(Sc1cnc3c(c1)OCCO3)C2. The topological polar surface area (TPSA) is 54.9 Å². The van der Waals surface area contributed by atoms with E-state index in [2.05, 4.69) is 9.29 Å². The number of pyridine rings is 1. The standard InChI is InChI=1S/C14H15N3O3S/c18-9-16-5-10-7-17(8-11(10)6-16)21-12-3-13-14(15-4-12)20-2-1-19-13/h3-4,9H,1-2,5-8H2. The van der Waals surface area contributed by atoms with Gasteiger partial charge in [0.15, 0.2) is 5.75 Å². The Morgan fingerprint density at radius 3 is 2.67 bits per heavy atom. The van der Waals surface area contributed by atoms with Crippen LogP contribution in [0.2, 0.25) is 0 Å². The summed E-state index contributed by atoms with van der Waals surface area (Å²) in [6.45, 7) is 4.48. The van der Waals surface area contributed by atoms with Gasteiger partial charge in [-0.3, -0.25) is 4.79 Å². The van der Waals surface area contributed by atoms with E-state index in [1.807, 2.05) is 17.2 Å². The molecular formula is C14H15N3O3S. The second kappa shape index (κ2) is 5.23. The Morgan fingerprint density at radius 1 is 1.14 bits per heavy atom. The maximum atomic E-state index is 10.8. The van der Waals surface area contributed by atoms with Crippen molar-refractivity contribution in [1.82, 2.24) is 14.2 Å². The maximum Gasteiger partial charge on any atom is 0.257 e. The van der Waals surface area contributed by atoms with Gasteiger partial charge in [-0.15, -0.1) is 0 Å². The van der Waals surface area contributed by atoms with Gasteiger partial charge in [0.05, 0.1) is 0 Å². The van der Waals surface area contributed by atoms with E-state index in [1.54, 1.807) is 11.9 Å². The molecule has 0 bridgehead atoms. The predicted molar refractivity (Wildman–Crippen MR) is 77.3 cm³/mol. The monoisotopic (exact) mass is 305 g/mol. The highest BCUT2D eigenvalue weighted by Crippen LogP contribution is 2.36. The average Bonchev–Trinajstić information content (AvgIpc) is 3.05. The molecule has 3 aliphatic rings. The highest BCUT2D eigenvalue weighted by atomic mass is 32.2. The lowest BCUT2D eigenvalue weighted by atomic mass is 10.2. The van der Waals surface area contributed by atoms with E-state index in [4.69, 9.17) is 9.47 Å². The molecule has 0 spiro atoms. The van der Waals surface area contributed by atoms with E-state index in [-0.39, 0.29) is 0 Å². The zero-order valence-corrected chi connectivity index (χ0v) is 12.3. The van der Waals surface area contributed by atoms with Crippen molar-refractivity contribution >= 4 is 18.4 Å². The highest BCUT2D eigenvalue weighted by Gasteiger charge is 2.29. The van der Waals surface area contributed by atoms with E-state index in [9.17, 15) is 4.79 Å². The Labute approximate surface area is 126 Å². The highest BCUT2D eigenvalue weighted by molar-refractivity contribution is 7.97. The van der Waals surface area contributed by atoms with Crippen LogP contribution >= 0.6 is 11.9 Å². The first-order chi connectivity index (χ1) is 10.3. The molecule has 0 radical (unpaired) electrons. The number of fused-ring (bicyclic) bond motifs is 1. The maximum absolute atomic E-state index is 10.8. The molecule has 6 nitrogen and oxygen atoms in total. The van der Waals surface area contributed by atoms with Gasteiger partial charge in [-0.2, -0.15) is 0 Å². The number of rotatable bonds is 3. The number of hydrogen-bond acceptors (Lipinski definition) is 6. The Balaban J connectivity index is 1.41. The Morgan fingerprint density at radius 2 is 1.90 bits per heavy atom. The smallest absolute Gasteiger partial charge is 0.257 e. The minimum absolute atomic E-state index is 0.558. The fourth-order valence-corrected chi connectivity index (χ4v) is 3.83. The van der Waals surface area contributed by atoms with Crippen LogP contribution in [-0.2, 0) is 4.79 Å². The molecule has 3 aliphatic heterocycles. The van der Waals surface area contributed by atoms with E-state index in [0.29, 0.717) is 19.1 Å². The van der Waals surface area contributed by atoms with Gasteiger partial charge in [-0.05, 0) is 23.1 Å². The number of hydrogen-bond donors (Lipinski definition) is 0. The summed E-state index contributed by atoms with van der Waals surface area (Å²) in [5.74, 6) is 1.30. The van der Waals surface area contributed by atoms with Crippen LogP contribution in [0.25, 0.3) is 0 Å². The minimum Gasteiger partial charge on any atom is -0.484 e. The summed E-state index contributed by atoms with van der Waals surface area (Å²) in [5.41, 5.74) is 2.75. The van der Waals surface area contributed by atoms with Crippen molar-refractivity contribution in [3.05, 3.63) is 23.4 Å². The predicted octanol–water partition coefficient (Wildman–Crippen LogP) is 0.944. The van der Waals surface area contributed by atoms with Crippen LogP contribution in [0.4, 0.5) is 0 Å². The second-order valence-electron chi connectivity index (χ2n) is 5.28. The first kappa shape index (κ1) is 13.0. The lowest BCUT2D eigenvalue weighted by Gasteiger charge is -2.21. The molecule has 0 aromatic carbocycles. The van der Waals surface area contributed by atoms with Gasteiger partial charge in [0.1, 0.15) is 13.2 Å². The number of carbonyl (C=O) groups is 1. The number of aromatic nitrogens is 1. The summed E-state index contributed by atoms with van der Waals surface area (Å²) in [6, 6.07) is 1.98. The van der Waals surface area contributed by atoms with Crippen LogP contribution in [-0.4, -0.2) is 60.0 Å². The van der Waals surface area contributed by atoms with Crippen molar-refractivity contribution in [2.45, 2.75) is 4.90 Å². The van der Waals surface area contributed by atoms with Crippen LogP contribution in [0.3, 0.4) is 0 Å². The van der Waals surface area contributed by atoms with E-state index in [0.717, 1.165) is 43.2 Å². The average molecular weight is 305 g/mol. The normalized spacial score (nSPS) is 20.9. The molecule has 21 heavy (non-hydrogen) atoms. The molecule has 7 heteroatoms. The summed E-state index contributed by atoms with van der Waals surface area (Å²) in [5, 5.41) is 0. The Kier molecular flexibility index (Phi) is 3.23. The number of ether oxygens (including phenoxy) is 2. The van der Waals surface area contributed by atoms with Gasteiger partial charge in [-0.1, -0.05) is 0 Å². The molecular weight excluding hydrogens is 290 g/mol. The van der Waals surface area contributed by atoms with Crippen LogP contribution in [0.1, 0.15) is 0 Å². The number of nitrogens with zero attached hydrogens (tertiary/aromatic N) is 3. The van der Waals surface area contributed by atoms with Gasteiger partial charge in [0, 0.05) is 43.3 Å². The van der Waals surface area contributed by atoms with E-state index >= 15 is 0 Å². The fourth-order valence-electron chi connectivity index (χ4n) is 2.83. The molecule has 0 atom stereocenters. The molecule has 0 saturated carbocycles. The lowest BCUT2D eigenvalue weighted by molar-refractivity contribution is -0.117. The van der Waals surface area contributed by atoms with E-state index < -0.39 is 0 Å². The van der Waals surface area contributed by atoms with E-state index in [1.165, 1.54) is 11.1 Å². The zero-order valence-electron chi connectivity index (χ0n) is 11.4. The van der Waals surface area contributed by atoms with Crippen molar-refractivity contribution in [2.24, 2.45) is 0 Å². The first-order valence-corrected chi connectivity index (χ1v) is 7.67. The van der Waals surface area contributed by atoms with Crippen LogP contribution in [0, 0.1) is 0 Å². The third kappa shape index (κ3) is 2.47. The van der Waals surface area contributed by atoms with Gasteiger partial charge >= 0.3 is 0 Å². The second-order valence-corrected chi connectivity index (χ2v) is 6.45. The Bertz CT molecular complexity index is 601. The number of amides is 1. The molecule has 0 saturated heterocycles. The van der Waals surface area contributed by atoms with Gasteiger partial charge in [-0.25, -0.2) is 9.29 Å². The van der Waals surface area contributed by atoms with Crippen molar-refractivity contribution in [1.29, 1.82) is 0 Å². The minimum atomic E-state index is 0.558. The largest absolute Gasteiger partial charge is 0.484 e. The van der Waals surface area contributed by atoms with Crippen LogP contribution in [0.15, 0.2) is 28.3 Å². The van der Waals surface area contributed by atoms with Crippen molar-refractivity contribution < 1.29 is 14.3 Å². The summed E-state index contributed by atoms with van der Waals surface area (Å²) in [6.07, 6.45) is 2.75. The van der Waals surface area contributed by atoms with Gasteiger partial charge in [0.25, 0.3) is 5.88 Å². The third-order valence-corrected chi connectivity index (χ3v) is 4.73. The van der Waals surface area contributed by atoms with Gasteiger partial charge < -0.3 is 14.4 Å². The molecule has 4 heterocycles. The quantitative estimate of drug-likeness (QED) is 0.471. The zero-order chi connectivity index (χ0) is 14.2. The van der Waals surface area contributed by atoms with Crippen molar-refractivity contribution in [2.75, 3.05) is 39.4 Å². The molecule has 110 valence electrons. The molecule has 1 aromatic rings. The fraction of sp³-hybridized carbons (Fsp3) is 0.429. The van der Waals surface area contributed by atoms with Crippen molar-refractivity contribution in [3.8, 4) is 11.6 Å². The van der Waals surface area contributed by atoms with Crippen LogP contribution < -0.4 is 9.47 Å². The third-order valence-electron chi connectivity index (χ3n) is 3.78. The summed E-state index contributed by atoms with van der Waals surface area (Å²) < 4.78 is 13.3. The summed E-state index contributed by atoms with van der Waals surface area (Å²) in [4.78, 5) is 18.0. The molecule has 1 aromatic heterocycles. The summed E-state index contributed by atoms with van der Waals surface area (Å²) >= 11 is 1.68. The molecule has 0 unspecified atom stereocenters. The molecule has 0 fully saturated rings. The van der Waals surface area contributed by atoms with Crippen molar-refractivity contribution in [3.63, 3.8) is 0 Å². The summed E-state index contributed by atoms with van der Waals surface area (Å²) in [7, 11) is 0. The molecule has 1 amide bonds. The molecule has 0 N–H and O–H groups in total. The molecule has 0 aliphatic carbocycles. The Hall–Kier alpha value is -1.73. The lowest BCUT2D eigenvalue weighted by Crippen LogP contribution is -2.25. The first-order valence-electron chi connectivity index (χ1n) is 6.89. The molecule has 4 rings (SSSR count). The van der Waals surface area contributed by atoms with Crippen LogP contribution in [0.5, 0.6) is 11.6 Å².